The highest BCUT2D eigenvalue weighted by Gasteiger charge is 2.27. The SMILES string of the molecule is COc1ccc(F)cc1S(=O)(=O)N(C)CC(=O)N[C@H](C)CCc1ccccc1. The number of carbonyl (C=O) groups excluding carboxylic acids is 1. The molecule has 8 heteroatoms. The van der Waals surface area contributed by atoms with E-state index in [-0.39, 0.29) is 23.2 Å². The molecule has 1 amide bonds. The third-order valence-corrected chi connectivity index (χ3v) is 6.12. The van der Waals surface area contributed by atoms with Crippen molar-refractivity contribution in [2.45, 2.75) is 30.7 Å². The molecule has 0 radical (unpaired) electrons. The molecule has 152 valence electrons. The fourth-order valence-corrected chi connectivity index (χ4v) is 4.02. The van der Waals surface area contributed by atoms with Gasteiger partial charge in [-0.25, -0.2) is 12.8 Å². The molecular formula is C20H25FN2O4S. The number of methoxy groups -OCH3 is 1. The number of aryl methyl sites for hydroxylation is 1. The van der Waals surface area contributed by atoms with Crippen LogP contribution in [0.1, 0.15) is 18.9 Å². The van der Waals surface area contributed by atoms with Crippen LogP contribution >= 0.6 is 0 Å². The zero-order chi connectivity index (χ0) is 20.7. The molecule has 0 unspecified atom stereocenters. The summed E-state index contributed by atoms with van der Waals surface area (Å²) in [5.74, 6) is -1.11. The van der Waals surface area contributed by atoms with Crippen LogP contribution in [0.3, 0.4) is 0 Å². The van der Waals surface area contributed by atoms with Crippen molar-refractivity contribution in [2.24, 2.45) is 0 Å². The molecule has 2 rings (SSSR count). The highest BCUT2D eigenvalue weighted by molar-refractivity contribution is 7.89. The Kier molecular flexibility index (Phi) is 7.53. The van der Waals surface area contributed by atoms with E-state index in [0.717, 1.165) is 29.3 Å². The maximum atomic E-state index is 13.5. The van der Waals surface area contributed by atoms with Crippen molar-refractivity contribution in [1.29, 1.82) is 0 Å². The van der Waals surface area contributed by atoms with Crippen LogP contribution in [0.2, 0.25) is 0 Å². The molecule has 0 heterocycles. The van der Waals surface area contributed by atoms with Crippen molar-refractivity contribution < 1.29 is 22.3 Å². The highest BCUT2D eigenvalue weighted by atomic mass is 32.2. The van der Waals surface area contributed by atoms with E-state index in [9.17, 15) is 17.6 Å². The van der Waals surface area contributed by atoms with E-state index < -0.39 is 21.7 Å². The quantitative estimate of drug-likeness (QED) is 0.692. The van der Waals surface area contributed by atoms with Crippen LogP contribution in [0.4, 0.5) is 4.39 Å². The van der Waals surface area contributed by atoms with Crippen molar-refractivity contribution in [2.75, 3.05) is 20.7 Å². The standard InChI is InChI=1S/C20H25FN2O4S/c1-15(9-10-16-7-5-4-6-8-16)22-20(24)14-23(2)28(25,26)19-13-17(21)11-12-18(19)27-3/h4-8,11-13,15H,9-10,14H2,1-3H3,(H,22,24)/t15-/m1/s1. The lowest BCUT2D eigenvalue weighted by molar-refractivity contribution is -0.121. The molecule has 6 nitrogen and oxygen atoms in total. The predicted octanol–water partition coefficient (Wildman–Crippen LogP) is 2.59. The van der Waals surface area contributed by atoms with Gasteiger partial charge in [-0.05, 0) is 43.5 Å². The van der Waals surface area contributed by atoms with Crippen LogP contribution in [0, 0.1) is 5.82 Å². The molecule has 0 aliphatic carbocycles. The molecule has 0 spiro atoms. The van der Waals surface area contributed by atoms with E-state index in [0.29, 0.717) is 0 Å². The summed E-state index contributed by atoms with van der Waals surface area (Å²) in [5, 5.41) is 2.79. The number of benzene rings is 2. The van der Waals surface area contributed by atoms with Gasteiger partial charge in [0.25, 0.3) is 0 Å². The number of nitrogens with one attached hydrogen (secondary N) is 1. The van der Waals surface area contributed by atoms with Crippen LogP contribution in [-0.2, 0) is 21.2 Å². The first-order valence-electron chi connectivity index (χ1n) is 8.87. The Morgan fingerprint density at radius 2 is 1.89 bits per heavy atom. The largest absolute Gasteiger partial charge is 0.495 e. The number of amides is 1. The average Bonchev–Trinajstić information content (AvgIpc) is 2.67. The number of nitrogens with zero attached hydrogens (tertiary/aromatic N) is 1. The molecule has 0 bridgehead atoms. The molecule has 1 N–H and O–H groups in total. The van der Waals surface area contributed by atoms with Crippen LogP contribution in [0.15, 0.2) is 53.4 Å². The summed E-state index contributed by atoms with van der Waals surface area (Å²) >= 11 is 0. The molecule has 0 aromatic heterocycles. The third-order valence-electron chi connectivity index (χ3n) is 4.30. The van der Waals surface area contributed by atoms with Gasteiger partial charge in [0, 0.05) is 13.1 Å². The summed E-state index contributed by atoms with van der Waals surface area (Å²) in [5.41, 5.74) is 1.17. The first kappa shape index (κ1) is 21.8. The van der Waals surface area contributed by atoms with Crippen molar-refractivity contribution in [1.82, 2.24) is 9.62 Å². The fourth-order valence-electron chi connectivity index (χ4n) is 2.73. The Bertz CT molecular complexity index is 904. The molecule has 0 aliphatic rings. The summed E-state index contributed by atoms with van der Waals surface area (Å²) in [6.07, 6.45) is 1.53. The Hall–Kier alpha value is -2.45. The van der Waals surface area contributed by atoms with Crippen LogP contribution in [0.5, 0.6) is 5.75 Å². The number of ether oxygens (including phenoxy) is 1. The lowest BCUT2D eigenvalue weighted by Gasteiger charge is -2.20. The Labute approximate surface area is 165 Å². The zero-order valence-electron chi connectivity index (χ0n) is 16.2. The van der Waals surface area contributed by atoms with Crippen molar-refractivity contribution in [3.63, 3.8) is 0 Å². The normalized spacial score (nSPS) is 12.6. The second-order valence-electron chi connectivity index (χ2n) is 6.55. The minimum absolute atomic E-state index is 0.0184. The van der Waals surface area contributed by atoms with Gasteiger partial charge in [-0.2, -0.15) is 4.31 Å². The first-order valence-corrected chi connectivity index (χ1v) is 10.3. The topological polar surface area (TPSA) is 75.7 Å². The Balaban J connectivity index is 1.96. The number of hydrogen-bond donors (Lipinski definition) is 1. The molecule has 0 saturated carbocycles. The summed E-state index contributed by atoms with van der Waals surface area (Å²) in [4.78, 5) is 11.9. The van der Waals surface area contributed by atoms with E-state index in [4.69, 9.17) is 4.74 Å². The molecule has 2 aromatic rings. The summed E-state index contributed by atoms with van der Waals surface area (Å²) in [6, 6.07) is 13.0. The van der Waals surface area contributed by atoms with Gasteiger partial charge in [-0.1, -0.05) is 30.3 Å². The summed E-state index contributed by atoms with van der Waals surface area (Å²) < 4.78 is 44.8. The second-order valence-corrected chi connectivity index (χ2v) is 8.56. The van der Waals surface area contributed by atoms with Crippen molar-refractivity contribution >= 4 is 15.9 Å². The summed E-state index contributed by atoms with van der Waals surface area (Å²) in [7, 11) is -1.51. The summed E-state index contributed by atoms with van der Waals surface area (Å²) in [6.45, 7) is 1.49. The Morgan fingerprint density at radius 1 is 1.21 bits per heavy atom. The van der Waals surface area contributed by atoms with Crippen molar-refractivity contribution in [3.8, 4) is 5.75 Å². The van der Waals surface area contributed by atoms with Crippen molar-refractivity contribution in [3.05, 3.63) is 59.9 Å². The lowest BCUT2D eigenvalue weighted by atomic mass is 10.1. The van der Waals surface area contributed by atoms with E-state index >= 15 is 0 Å². The number of sulfonamides is 1. The van der Waals surface area contributed by atoms with E-state index in [1.165, 1.54) is 25.8 Å². The van der Waals surface area contributed by atoms with Gasteiger partial charge < -0.3 is 10.1 Å². The monoisotopic (exact) mass is 408 g/mol. The molecular weight excluding hydrogens is 383 g/mol. The minimum atomic E-state index is -4.08. The molecule has 0 saturated heterocycles. The lowest BCUT2D eigenvalue weighted by Crippen LogP contribution is -2.42. The van der Waals surface area contributed by atoms with Gasteiger partial charge >= 0.3 is 0 Å². The molecule has 0 aliphatic heterocycles. The first-order chi connectivity index (χ1) is 13.2. The second kappa shape index (κ2) is 9.66. The zero-order valence-corrected chi connectivity index (χ0v) is 17.0. The molecule has 0 fully saturated rings. The molecule has 2 aromatic carbocycles. The molecule has 28 heavy (non-hydrogen) atoms. The third kappa shape index (κ3) is 5.77. The minimum Gasteiger partial charge on any atom is -0.495 e. The van der Waals surface area contributed by atoms with Crippen LogP contribution in [0.25, 0.3) is 0 Å². The van der Waals surface area contributed by atoms with E-state index in [1.807, 2.05) is 37.3 Å². The van der Waals surface area contributed by atoms with Gasteiger partial charge in [0.05, 0.1) is 13.7 Å². The van der Waals surface area contributed by atoms with Gasteiger partial charge in [0.15, 0.2) is 0 Å². The smallest absolute Gasteiger partial charge is 0.247 e. The van der Waals surface area contributed by atoms with Gasteiger partial charge in [0.1, 0.15) is 16.5 Å². The molecule has 1 atom stereocenters. The number of likely N-dealkylation sites (N-methyl/N-ethyl adjacent to an activating group) is 1. The van der Waals surface area contributed by atoms with Gasteiger partial charge in [-0.3, -0.25) is 4.79 Å². The maximum absolute atomic E-state index is 13.5. The fraction of sp³-hybridized carbons (Fsp3) is 0.350. The highest BCUT2D eigenvalue weighted by Crippen LogP contribution is 2.26. The predicted molar refractivity (Wildman–Crippen MR) is 105 cm³/mol. The van der Waals surface area contributed by atoms with Crippen LogP contribution in [-0.4, -0.2) is 45.4 Å². The van der Waals surface area contributed by atoms with Gasteiger partial charge in [0.2, 0.25) is 15.9 Å². The average molecular weight is 408 g/mol. The number of halogens is 1. The number of carbonyl (C=O) groups is 1. The van der Waals surface area contributed by atoms with Gasteiger partial charge in [-0.15, -0.1) is 0 Å². The number of rotatable bonds is 9. The van der Waals surface area contributed by atoms with E-state index in [1.54, 1.807) is 0 Å². The maximum Gasteiger partial charge on any atom is 0.247 e. The Morgan fingerprint density at radius 3 is 2.54 bits per heavy atom. The van der Waals surface area contributed by atoms with E-state index in [2.05, 4.69) is 5.32 Å². The van der Waals surface area contributed by atoms with Crippen LogP contribution < -0.4 is 10.1 Å². The number of hydrogen-bond acceptors (Lipinski definition) is 4.